The van der Waals surface area contributed by atoms with Crippen molar-refractivity contribution in [2.75, 3.05) is 11.9 Å². The molecule has 1 aromatic heterocycles. The van der Waals surface area contributed by atoms with Crippen LogP contribution in [0.2, 0.25) is 0 Å². The molecule has 0 saturated carbocycles. The van der Waals surface area contributed by atoms with Crippen LogP contribution in [0.1, 0.15) is 38.1 Å². The van der Waals surface area contributed by atoms with E-state index in [1.165, 1.54) is 0 Å². The van der Waals surface area contributed by atoms with Gasteiger partial charge in [0.1, 0.15) is 0 Å². The van der Waals surface area contributed by atoms with Crippen LogP contribution in [-0.2, 0) is 0 Å². The Kier molecular flexibility index (Phi) is 5.63. The van der Waals surface area contributed by atoms with Gasteiger partial charge in [-0.3, -0.25) is 10.1 Å². The monoisotopic (exact) mass is 295 g/mol. The van der Waals surface area contributed by atoms with E-state index in [0.717, 1.165) is 12.3 Å². The molecule has 0 radical (unpaired) electrons. The number of aromatic nitrogens is 1. The average molecular weight is 295 g/mol. The third-order valence-corrected chi connectivity index (χ3v) is 3.53. The second-order valence-electron chi connectivity index (χ2n) is 5.69. The minimum absolute atomic E-state index is 0.108. The Balaban J connectivity index is 2.97. The summed E-state index contributed by atoms with van der Waals surface area (Å²) in [6.07, 6.45) is 1.12. The molecule has 116 valence electrons. The molecule has 0 unspecified atom stereocenters. The number of carboxylic acids is 1. The zero-order valence-electron chi connectivity index (χ0n) is 12.7. The molecule has 0 spiro atoms. The summed E-state index contributed by atoms with van der Waals surface area (Å²) in [6, 6.07) is 1.03. The topological polar surface area (TPSA) is 105 Å². The number of carbonyl (C=O) groups is 1. The molecule has 0 atom stereocenters. The number of rotatable bonds is 7. The molecule has 0 aliphatic heterocycles. The van der Waals surface area contributed by atoms with Gasteiger partial charge < -0.3 is 10.4 Å². The van der Waals surface area contributed by atoms with Crippen LogP contribution in [-0.4, -0.2) is 27.5 Å². The number of carboxylic acid groups (broad SMARTS) is 1. The highest BCUT2D eigenvalue weighted by molar-refractivity contribution is 5.88. The van der Waals surface area contributed by atoms with E-state index in [-0.39, 0.29) is 17.1 Å². The number of hydrogen-bond acceptors (Lipinski definition) is 5. The standard InChI is InChI=1S/C14H21N3O4/c1-8(2)11(9(3)4)7-16-13-12(17(20)21)5-10(6-15-13)14(18)19/h5-6,8-9,11H,7H2,1-4H3,(H,15,16)(H,18,19). The minimum atomic E-state index is -1.24. The van der Waals surface area contributed by atoms with Crippen molar-refractivity contribution in [2.45, 2.75) is 27.7 Å². The van der Waals surface area contributed by atoms with Crippen molar-refractivity contribution in [3.8, 4) is 0 Å². The summed E-state index contributed by atoms with van der Waals surface area (Å²) in [5.41, 5.74) is -0.516. The number of nitro groups is 1. The highest BCUT2D eigenvalue weighted by Crippen LogP contribution is 2.25. The molecule has 0 aliphatic carbocycles. The number of nitrogens with one attached hydrogen (secondary N) is 1. The highest BCUT2D eigenvalue weighted by atomic mass is 16.6. The summed E-state index contributed by atoms with van der Waals surface area (Å²) in [7, 11) is 0. The summed E-state index contributed by atoms with van der Waals surface area (Å²) >= 11 is 0. The molecule has 1 heterocycles. The fourth-order valence-electron chi connectivity index (χ4n) is 2.30. The number of anilines is 1. The molecule has 1 aromatic rings. The molecule has 0 amide bonds. The average Bonchev–Trinajstić information content (AvgIpc) is 2.37. The first-order valence-electron chi connectivity index (χ1n) is 6.85. The van der Waals surface area contributed by atoms with Gasteiger partial charge in [0.2, 0.25) is 5.82 Å². The molecule has 0 aliphatic rings. The minimum Gasteiger partial charge on any atom is -0.478 e. The maximum absolute atomic E-state index is 11.0. The second kappa shape index (κ2) is 7.01. The Bertz CT molecular complexity index is 521. The molecular weight excluding hydrogens is 274 g/mol. The van der Waals surface area contributed by atoms with Crippen LogP contribution in [0, 0.1) is 27.9 Å². The highest BCUT2D eigenvalue weighted by Gasteiger charge is 2.22. The van der Waals surface area contributed by atoms with E-state index in [1.54, 1.807) is 0 Å². The molecule has 2 N–H and O–H groups in total. The van der Waals surface area contributed by atoms with Gasteiger partial charge in [-0.15, -0.1) is 0 Å². The normalized spacial score (nSPS) is 11.2. The van der Waals surface area contributed by atoms with Gasteiger partial charge >= 0.3 is 11.7 Å². The summed E-state index contributed by atoms with van der Waals surface area (Å²) in [6.45, 7) is 8.95. The summed E-state index contributed by atoms with van der Waals surface area (Å²) < 4.78 is 0. The van der Waals surface area contributed by atoms with Crippen LogP contribution in [0.4, 0.5) is 11.5 Å². The first-order chi connectivity index (χ1) is 9.73. The Morgan fingerprint density at radius 2 is 1.95 bits per heavy atom. The number of aromatic carboxylic acids is 1. The number of hydrogen-bond donors (Lipinski definition) is 2. The van der Waals surface area contributed by atoms with Gasteiger partial charge in [-0.05, 0) is 17.8 Å². The van der Waals surface area contributed by atoms with Gasteiger partial charge in [-0.2, -0.15) is 0 Å². The van der Waals surface area contributed by atoms with E-state index >= 15 is 0 Å². The van der Waals surface area contributed by atoms with Gasteiger partial charge in [-0.25, -0.2) is 9.78 Å². The lowest BCUT2D eigenvalue weighted by molar-refractivity contribution is -0.384. The van der Waals surface area contributed by atoms with E-state index in [1.807, 2.05) is 0 Å². The van der Waals surface area contributed by atoms with Gasteiger partial charge in [0.15, 0.2) is 0 Å². The SMILES string of the molecule is CC(C)C(CNc1ncc(C(=O)O)cc1[N+](=O)[O-])C(C)C. The van der Waals surface area contributed by atoms with Crippen LogP contribution in [0.25, 0.3) is 0 Å². The maximum Gasteiger partial charge on any atom is 0.337 e. The van der Waals surface area contributed by atoms with Crippen LogP contribution in [0.3, 0.4) is 0 Å². The Morgan fingerprint density at radius 3 is 2.38 bits per heavy atom. The quantitative estimate of drug-likeness (QED) is 0.591. The lowest BCUT2D eigenvalue weighted by atomic mass is 9.85. The van der Waals surface area contributed by atoms with Crippen LogP contribution in [0.15, 0.2) is 12.3 Å². The third-order valence-electron chi connectivity index (χ3n) is 3.53. The first kappa shape index (κ1) is 16.9. The van der Waals surface area contributed by atoms with E-state index in [0.29, 0.717) is 24.3 Å². The van der Waals surface area contributed by atoms with Crippen molar-refractivity contribution < 1.29 is 14.8 Å². The lowest BCUT2D eigenvalue weighted by Gasteiger charge is -2.25. The third kappa shape index (κ3) is 4.40. The molecule has 21 heavy (non-hydrogen) atoms. The second-order valence-corrected chi connectivity index (χ2v) is 5.69. The lowest BCUT2D eigenvalue weighted by Crippen LogP contribution is -2.25. The van der Waals surface area contributed by atoms with Crippen molar-refractivity contribution in [1.29, 1.82) is 0 Å². The van der Waals surface area contributed by atoms with Crippen LogP contribution >= 0.6 is 0 Å². The summed E-state index contributed by atoms with van der Waals surface area (Å²) in [5.74, 6) is 0.0611. The van der Waals surface area contributed by atoms with Crippen LogP contribution < -0.4 is 5.32 Å². The molecule has 0 aromatic carbocycles. The van der Waals surface area contributed by atoms with Crippen molar-refractivity contribution >= 4 is 17.5 Å². The Morgan fingerprint density at radius 1 is 1.38 bits per heavy atom. The molecule has 0 saturated heterocycles. The molecular formula is C14H21N3O4. The van der Waals surface area contributed by atoms with E-state index in [2.05, 4.69) is 38.0 Å². The van der Waals surface area contributed by atoms with Gasteiger partial charge in [-0.1, -0.05) is 27.7 Å². The van der Waals surface area contributed by atoms with Crippen LogP contribution in [0.5, 0.6) is 0 Å². The smallest absolute Gasteiger partial charge is 0.337 e. The molecule has 1 rings (SSSR count). The van der Waals surface area contributed by atoms with Gasteiger partial charge in [0.25, 0.3) is 0 Å². The van der Waals surface area contributed by atoms with E-state index in [9.17, 15) is 14.9 Å². The van der Waals surface area contributed by atoms with Crippen molar-refractivity contribution in [3.05, 3.63) is 27.9 Å². The fourth-order valence-corrected chi connectivity index (χ4v) is 2.30. The van der Waals surface area contributed by atoms with Crippen molar-refractivity contribution in [3.63, 3.8) is 0 Å². The Labute approximate surface area is 123 Å². The molecule has 7 nitrogen and oxygen atoms in total. The predicted octanol–water partition coefficient (Wildman–Crippen LogP) is 3.03. The Hall–Kier alpha value is -2.18. The molecule has 0 fully saturated rings. The summed E-state index contributed by atoms with van der Waals surface area (Å²) in [4.78, 5) is 25.1. The zero-order valence-corrected chi connectivity index (χ0v) is 12.7. The molecule has 0 bridgehead atoms. The molecule has 7 heteroatoms. The summed E-state index contributed by atoms with van der Waals surface area (Å²) in [5, 5.41) is 22.9. The number of pyridine rings is 1. The van der Waals surface area contributed by atoms with Gasteiger partial charge in [0, 0.05) is 18.8 Å². The van der Waals surface area contributed by atoms with Crippen molar-refractivity contribution in [2.24, 2.45) is 17.8 Å². The van der Waals surface area contributed by atoms with E-state index in [4.69, 9.17) is 5.11 Å². The predicted molar refractivity (Wildman–Crippen MR) is 79.5 cm³/mol. The van der Waals surface area contributed by atoms with Crippen molar-refractivity contribution in [1.82, 2.24) is 4.98 Å². The van der Waals surface area contributed by atoms with E-state index < -0.39 is 10.9 Å². The fraction of sp³-hybridized carbons (Fsp3) is 0.571. The zero-order chi connectivity index (χ0) is 16.2. The van der Waals surface area contributed by atoms with Gasteiger partial charge in [0.05, 0.1) is 10.5 Å². The largest absolute Gasteiger partial charge is 0.478 e. The first-order valence-corrected chi connectivity index (χ1v) is 6.85. The maximum atomic E-state index is 11.0. The number of nitrogens with zero attached hydrogens (tertiary/aromatic N) is 2.